The Morgan fingerprint density at radius 3 is 3.00 bits per heavy atom. The summed E-state index contributed by atoms with van der Waals surface area (Å²) in [5.74, 6) is -0.477. The van der Waals surface area contributed by atoms with E-state index in [1.54, 1.807) is 12.3 Å². The van der Waals surface area contributed by atoms with Crippen molar-refractivity contribution in [2.24, 2.45) is 0 Å². The summed E-state index contributed by atoms with van der Waals surface area (Å²) in [4.78, 5) is 29.4. The second-order valence-electron chi connectivity index (χ2n) is 6.62. The third-order valence-electron chi connectivity index (χ3n) is 4.67. The highest BCUT2D eigenvalue weighted by atomic mass is 19.1. The first-order valence-corrected chi connectivity index (χ1v) is 9.03. The third kappa shape index (κ3) is 3.56. The SMILES string of the molecule is CNC(=O)[C@@H]1CNC(=O)c2cnn3ccc(nc23)N[C@H](C)c2cc(F)ccc2O1. The van der Waals surface area contributed by atoms with Crippen LogP contribution < -0.4 is 20.7 Å². The summed E-state index contributed by atoms with van der Waals surface area (Å²) >= 11 is 0. The van der Waals surface area contributed by atoms with E-state index in [4.69, 9.17) is 4.74 Å². The molecule has 3 aromatic rings. The van der Waals surface area contributed by atoms with Crippen LogP contribution in [0.1, 0.15) is 28.9 Å². The minimum Gasteiger partial charge on any atom is -0.478 e. The van der Waals surface area contributed by atoms with Gasteiger partial charge in [0.15, 0.2) is 11.8 Å². The molecule has 0 radical (unpaired) electrons. The van der Waals surface area contributed by atoms with Crippen molar-refractivity contribution in [2.45, 2.75) is 19.1 Å². The zero-order valence-corrected chi connectivity index (χ0v) is 15.8. The molecule has 0 aliphatic carbocycles. The van der Waals surface area contributed by atoms with Crippen molar-refractivity contribution in [1.82, 2.24) is 25.2 Å². The Hall–Kier alpha value is -3.69. The molecule has 1 aliphatic heterocycles. The lowest BCUT2D eigenvalue weighted by molar-refractivity contribution is -0.127. The van der Waals surface area contributed by atoms with Crippen molar-refractivity contribution in [1.29, 1.82) is 0 Å². The Balaban J connectivity index is 1.83. The van der Waals surface area contributed by atoms with Crippen LogP contribution in [0.25, 0.3) is 5.65 Å². The van der Waals surface area contributed by atoms with Crippen molar-refractivity contribution < 1.29 is 18.7 Å². The quantitative estimate of drug-likeness (QED) is 0.570. The number of aromatic nitrogens is 3. The van der Waals surface area contributed by atoms with Gasteiger partial charge in [0.1, 0.15) is 22.9 Å². The molecule has 29 heavy (non-hydrogen) atoms. The summed E-state index contributed by atoms with van der Waals surface area (Å²) in [5, 5.41) is 12.5. The van der Waals surface area contributed by atoms with Gasteiger partial charge >= 0.3 is 0 Å². The van der Waals surface area contributed by atoms with E-state index in [0.717, 1.165) is 0 Å². The van der Waals surface area contributed by atoms with Crippen LogP contribution in [0.15, 0.2) is 36.7 Å². The molecule has 0 fully saturated rings. The summed E-state index contributed by atoms with van der Waals surface area (Å²) in [6.45, 7) is 1.73. The van der Waals surface area contributed by atoms with Gasteiger partial charge in [0.2, 0.25) is 0 Å². The Labute approximate surface area is 165 Å². The molecule has 0 saturated carbocycles. The monoisotopic (exact) mass is 398 g/mol. The number of rotatable bonds is 1. The first-order chi connectivity index (χ1) is 14.0. The van der Waals surface area contributed by atoms with E-state index in [0.29, 0.717) is 22.8 Å². The van der Waals surface area contributed by atoms with Crippen LogP contribution in [0, 0.1) is 5.82 Å². The van der Waals surface area contributed by atoms with Crippen molar-refractivity contribution in [3.05, 3.63) is 53.6 Å². The molecule has 3 N–H and O–H groups in total. The predicted octanol–water partition coefficient (Wildman–Crippen LogP) is 1.28. The molecule has 2 aromatic heterocycles. The normalized spacial score (nSPS) is 19.1. The Bertz CT molecular complexity index is 1100. The van der Waals surface area contributed by atoms with Gasteiger partial charge in [-0.05, 0) is 31.2 Å². The Morgan fingerprint density at radius 2 is 2.21 bits per heavy atom. The smallest absolute Gasteiger partial charge is 0.262 e. The van der Waals surface area contributed by atoms with Crippen LogP contribution in [-0.4, -0.2) is 46.1 Å². The van der Waals surface area contributed by atoms with Crippen molar-refractivity contribution in [3.8, 4) is 5.75 Å². The maximum atomic E-state index is 13.9. The molecule has 150 valence electrons. The fraction of sp³-hybridized carbons (Fsp3) is 0.263. The Morgan fingerprint density at radius 1 is 1.38 bits per heavy atom. The molecule has 2 atom stereocenters. The van der Waals surface area contributed by atoms with E-state index in [1.807, 2.05) is 6.92 Å². The van der Waals surface area contributed by atoms with E-state index < -0.39 is 29.8 Å². The van der Waals surface area contributed by atoms with Crippen molar-refractivity contribution in [2.75, 3.05) is 18.9 Å². The number of halogens is 1. The molecule has 0 unspecified atom stereocenters. The van der Waals surface area contributed by atoms with Crippen LogP contribution in [0.3, 0.4) is 0 Å². The molecule has 1 aliphatic rings. The number of amides is 2. The molecule has 1 aromatic carbocycles. The summed E-state index contributed by atoms with van der Waals surface area (Å²) < 4.78 is 21.3. The first kappa shape index (κ1) is 18.7. The van der Waals surface area contributed by atoms with Crippen molar-refractivity contribution in [3.63, 3.8) is 0 Å². The number of benzene rings is 1. The van der Waals surface area contributed by atoms with E-state index in [2.05, 4.69) is 26.0 Å². The van der Waals surface area contributed by atoms with Gasteiger partial charge in [-0.25, -0.2) is 13.9 Å². The Kier molecular flexibility index (Phi) is 4.75. The fourth-order valence-electron chi connectivity index (χ4n) is 3.16. The number of likely N-dealkylation sites (N-methyl/N-ethyl adjacent to an activating group) is 1. The van der Waals surface area contributed by atoms with Crippen LogP contribution in [0.5, 0.6) is 5.75 Å². The van der Waals surface area contributed by atoms with Crippen LogP contribution in [-0.2, 0) is 4.79 Å². The van der Waals surface area contributed by atoms with Gasteiger partial charge in [-0.2, -0.15) is 5.10 Å². The number of hydrogen-bond donors (Lipinski definition) is 3. The number of carbonyl (C=O) groups excluding carboxylic acids is 2. The molecule has 3 heterocycles. The lowest BCUT2D eigenvalue weighted by Gasteiger charge is -2.23. The fourth-order valence-corrected chi connectivity index (χ4v) is 3.16. The molecule has 0 saturated heterocycles. The highest BCUT2D eigenvalue weighted by molar-refractivity contribution is 6.00. The van der Waals surface area contributed by atoms with Gasteiger partial charge < -0.3 is 20.7 Å². The summed E-state index contributed by atoms with van der Waals surface area (Å²) in [6.07, 6.45) is 2.07. The summed E-state index contributed by atoms with van der Waals surface area (Å²) in [7, 11) is 1.47. The van der Waals surface area contributed by atoms with Gasteiger partial charge in [-0.1, -0.05) is 0 Å². The number of nitrogens with one attached hydrogen (secondary N) is 3. The predicted molar refractivity (Wildman–Crippen MR) is 102 cm³/mol. The summed E-state index contributed by atoms with van der Waals surface area (Å²) in [5.41, 5.74) is 1.13. The number of carbonyl (C=O) groups is 2. The molecule has 10 heteroatoms. The molecule has 4 rings (SSSR count). The highest BCUT2D eigenvalue weighted by Crippen LogP contribution is 2.29. The third-order valence-corrected chi connectivity index (χ3v) is 4.67. The lowest BCUT2D eigenvalue weighted by atomic mass is 10.1. The van der Waals surface area contributed by atoms with Gasteiger partial charge in [-0.15, -0.1) is 0 Å². The molecular formula is C19H19FN6O3. The minimum atomic E-state index is -1.01. The average molecular weight is 398 g/mol. The zero-order chi connectivity index (χ0) is 20.5. The minimum absolute atomic E-state index is 0.0891. The second-order valence-corrected chi connectivity index (χ2v) is 6.62. The van der Waals surface area contributed by atoms with Crippen molar-refractivity contribution >= 4 is 23.3 Å². The molecule has 0 spiro atoms. The standard InChI is InChI=1S/C19H19FN6O3/c1-10-12-7-11(20)3-4-14(12)29-15(19(28)21-2)9-22-18(27)13-8-23-26-6-5-16(24-10)25-17(13)26/h3-8,10,15H,9H2,1-2H3,(H,21,28)(H,22,27)(H,24,25)/t10-,15+/m1/s1. The van der Waals surface area contributed by atoms with Crippen LogP contribution in [0.4, 0.5) is 10.2 Å². The molecule has 9 nitrogen and oxygen atoms in total. The van der Waals surface area contributed by atoms with Crippen LogP contribution >= 0.6 is 0 Å². The number of hydrogen-bond acceptors (Lipinski definition) is 6. The first-order valence-electron chi connectivity index (χ1n) is 9.03. The van der Waals surface area contributed by atoms with E-state index in [1.165, 1.54) is 36.0 Å². The maximum Gasteiger partial charge on any atom is 0.262 e. The maximum absolute atomic E-state index is 13.9. The number of ether oxygens (including phenoxy) is 1. The van der Waals surface area contributed by atoms with E-state index in [9.17, 15) is 14.0 Å². The van der Waals surface area contributed by atoms with E-state index in [-0.39, 0.29) is 12.1 Å². The number of anilines is 1. The topological polar surface area (TPSA) is 110 Å². The molecular weight excluding hydrogens is 379 g/mol. The number of nitrogens with zero attached hydrogens (tertiary/aromatic N) is 3. The largest absolute Gasteiger partial charge is 0.478 e. The molecule has 2 amide bonds. The zero-order valence-electron chi connectivity index (χ0n) is 15.8. The second kappa shape index (κ2) is 7.38. The van der Waals surface area contributed by atoms with Gasteiger partial charge in [0.05, 0.1) is 18.8 Å². The summed E-state index contributed by atoms with van der Waals surface area (Å²) in [6, 6.07) is 5.37. The van der Waals surface area contributed by atoms with E-state index >= 15 is 0 Å². The van der Waals surface area contributed by atoms with Gasteiger partial charge in [0, 0.05) is 18.8 Å². The highest BCUT2D eigenvalue weighted by Gasteiger charge is 2.25. The van der Waals surface area contributed by atoms with Gasteiger partial charge in [-0.3, -0.25) is 9.59 Å². The van der Waals surface area contributed by atoms with Crippen LogP contribution in [0.2, 0.25) is 0 Å². The van der Waals surface area contributed by atoms with Gasteiger partial charge in [0.25, 0.3) is 11.8 Å². The number of fused-ring (bicyclic) bond motifs is 2. The average Bonchev–Trinajstić information content (AvgIpc) is 3.14. The molecule has 2 bridgehead atoms. The lowest BCUT2D eigenvalue weighted by Crippen LogP contribution is -2.45.